The summed E-state index contributed by atoms with van der Waals surface area (Å²) in [5.41, 5.74) is 1.14. The van der Waals surface area contributed by atoms with Crippen LogP contribution in [0.2, 0.25) is 0 Å². The van der Waals surface area contributed by atoms with Gasteiger partial charge in [0.2, 0.25) is 0 Å². The molecule has 0 bridgehead atoms. The average molecular weight is 501 g/mol. The number of hydrogen-bond donors (Lipinski definition) is 8. The van der Waals surface area contributed by atoms with Crippen molar-refractivity contribution < 1.29 is 50.3 Å². The largest absolute Gasteiger partial charge is 0.394 e. The van der Waals surface area contributed by atoms with Gasteiger partial charge in [0.25, 0.3) is 0 Å². The van der Waals surface area contributed by atoms with E-state index in [9.17, 15) is 40.9 Å². The molecule has 10 heteroatoms. The van der Waals surface area contributed by atoms with E-state index in [1.54, 1.807) is 24.3 Å². The van der Waals surface area contributed by atoms with E-state index in [1.807, 2.05) is 12.1 Å². The number of aliphatic hydroxyl groups is 8. The van der Waals surface area contributed by atoms with Crippen LogP contribution in [-0.4, -0.2) is 115 Å². The van der Waals surface area contributed by atoms with Crippen molar-refractivity contribution in [3.8, 4) is 23.7 Å². The van der Waals surface area contributed by atoms with Gasteiger partial charge in [0.1, 0.15) is 61.0 Å². The normalized spacial score (nSPS) is 36.4. The van der Waals surface area contributed by atoms with Gasteiger partial charge < -0.3 is 50.3 Å². The third-order valence-electron chi connectivity index (χ3n) is 6.40. The lowest BCUT2D eigenvalue weighted by molar-refractivity contribution is -0.214. The van der Waals surface area contributed by atoms with Crippen LogP contribution in [0.3, 0.4) is 0 Å². The van der Waals surface area contributed by atoms with E-state index in [0.717, 1.165) is 10.8 Å². The number of fused-ring (bicyclic) bond motifs is 1. The second-order valence-corrected chi connectivity index (χ2v) is 8.74. The first-order valence-corrected chi connectivity index (χ1v) is 11.4. The summed E-state index contributed by atoms with van der Waals surface area (Å²) in [4.78, 5) is 0. The molecule has 192 valence electrons. The Labute approximate surface area is 207 Å². The number of benzene rings is 2. The molecule has 4 rings (SSSR count). The zero-order valence-electron chi connectivity index (χ0n) is 19.0. The summed E-state index contributed by atoms with van der Waals surface area (Å²) in [5, 5.41) is 80.4. The van der Waals surface area contributed by atoms with Gasteiger partial charge in [-0.1, -0.05) is 47.9 Å². The van der Waals surface area contributed by atoms with Crippen molar-refractivity contribution in [1.82, 2.24) is 0 Å². The van der Waals surface area contributed by atoms with Crippen molar-refractivity contribution in [3.05, 3.63) is 47.5 Å². The summed E-state index contributed by atoms with van der Waals surface area (Å²) >= 11 is 0. The lowest BCUT2D eigenvalue weighted by atomic mass is 9.94. The van der Waals surface area contributed by atoms with Gasteiger partial charge in [0.05, 0.1) is 13.2 Å². The smallest absolute Gasteiger partial charge is 0.147 e. The molecule has 0 aromatic heterocycles. The van der Waals surface area contributed by atoms with Gasteiger partial charge >= 0.3 is 0 Å². The van der Waals surface area contributed by atoms with Gasteiger partial charge in [-0.3, -0.25) is 0 Å². The zero-order valence-corrected chi connectivity index (χ0v) is 19.0. The van der Waals surface area contributed by atoms with Crippen molar-refractivity contribution >= 4 is 10.8 Å². The van der Waals surface area contributed by atoms with Gasteiger partial charge in [-0.25, -0.2) is 0 Å². The third kappa shape index (κ3) is 5.11. The third-order valence-corrected chi connectivity index (χ3v) is 6.40. The van der Waals surface area contributed by atoms with Gasteiger partial charge in [-0.2, -0.15) is 0 Å². The molecule has 2 saturated heterocycles. The lowest BCUT2D eigenvalue weighted by Crippen LogP contribution is -2.58. The minimum absolute atomic E-state index is 0.548. The molecule has 8 N–H and O–H groups in total. The van der Waals surface area contributed by atoms with Gasteiger partial charge in [-0.15, -0.1) is 0 Å². The Kier molecular flexibility index (Phi) is 8.25. The van der Waals surface area contributed by atoms with E-state index in [4.69, 9.17) is 9.47 Å². The van der Waals surface area contributed by atoms with Gasteiger partial charge in [-0.05, 0) is 22.9 Å². The van der Waals surface area contributed by atoms with E-state index in [-0.39, 0.29) is 0 Å². The summed E-state index contributed by atoms with van der Waals surface area (Å²) < 4.78 is 10.9. The highest BCUT2D eigenvalue weighted by molar-refractivity contribution is 5.92. The van der Waals surface area contributed by atoms with E-state index in [0.29, 0.717) is 11.1 Å². The molecule has 2 fully saturated rings. The standard InChI is InChI=1S/C26H28O10/c27-11-19-23(31)25(33)21(29)17(35-19)9-7-13-3-1-5-15-14(4-2-6-16(13)15)8-10-18-22(30)26(34)24(32)20(12-28)36-18/h1-6,17-34H,11-12H2/t17?,18?,19?,20?,21?,22?,23-,24-,25?,26?/m1/s1. The molecule has 8 unspecified atom stereocenters. The summed E-state index contributed by atoms with van der Waals surface area (Å²) in [6, 6.07) is 10.6. The molecule has 10 atom stereocenters. The fraction of sp³-hybridized carbons (Fsp3) is 0.462. The maximum atomic E-state index is 10.2. The highest BCUT2D eigenvalue weighted by atomic mass is 16.5. The average Bonchev–Trinajstić information content (AvgIpc) is 2.89. The van der Waals surface area contributed by atoms with Crippen LogP contribution in [0.1, 0.15) is 11.1 Å². The summed E-state index contributed by atoms with van der Waals surface area (Å²) in [6.07, 6.45) is -13.3. The van der Waals surface area contributed by atoms with E-state index < -0.39 is 74.3 Å². The fourth-order valence-electron chi connectivity index (χ4n) is 4.27. The summed E-state index contributed by atoms with van der Waals surface area (Å²) in [7, 11) is 0. The van der Waals surface area contributed by atoms with Gasteiger partial charge in [0, 0.05) is 11.1 Å². The molecule has 0 aliphatic carbocycles. The molecule has 10 nitrogen and oxygen atoms in total. The highest BCUT2D eigenvalue weighted by Gasteiger charge is 2.43. The van der Waals surface area contributed by atoms with Gasteiger partial charge in [0.15, 0.2) is 0 Å². The van der Waals surface area contributed by atoms with Crippen LogP contribution in [0.5, 0.6) is 0 Å². The first-order chi connectivity index (χ1) is 17.3. The molecule has 2 aliphatic heterocycles. The van der Waals surface area contributed by atoms with Crippen LogP contribution in [0.4, 0.5) is 0 Å². The highest BCUT2D eigenvalue weighted by Crippen LogP contribution is 2.25. The molecule has 0 spiro atoms. The Balaban J connectivity index is 1.62. The zero-order chi connectivity index (χ0) is 26.0. The second kappa shape index (κ2) is 11.2. The monoisotopic (exact) mass is 500 g/mol. The molecular weight excluding hydrogens is 472 g/mol. The second-order valence-electron chi connectivity index (χ2n) is 8.74. The molecule has 0 radical (unpaired) electrons. The quantitative estimate of drug-likeness (QED) is 0.201. The Morgan fingerprint density at radius 3 is 1.31 bits per heavy atom. The maximum absolute atomic E-state index is 10.2. The number of rotatable bonds is 2. The molecule has 2 aromatic rings. The fourth-order valence-corrected chi connectivity index (χ4v) is 4.27. The Hall–Kier alpha value is -2.58. The Bertz CT molecular complexity index is 1100. The molecule has 2 aliphatic rings. The number of ether oxygens (including phenoxy) is 2. The summed E-state index contributed by atoms with van der Waals surface area (Å²) in [6.45, 7) is -1.10. The van der Waals surface area contributed by atoms with Crippen molar-refractivity contribution in [3.63, 3.8) is 0 Å². The van der Waals surface area contributed by atoms with Crippen LogP contribution in [0.15, 0.2) is 36.4 Å². The van der Waals surface area contributed by atoms with Crippen molar-refractivity contribution in [2.45, 2.75) is 61.0 Å². The molecule has 36 heavy (non-hydrogen) atoms. The Morgan fingerprint density at radius 1 is 0.556 bits per heavy atom. The minimum Gasteiger partial charge on any atom is -0.394 e. The lowest BCUT2D eigenvalue weighted by Gasteiger charge is -2.37. The Morgan fingerprint density at radius 2 is 0.944 bits per heavy atom. The van der Waals surface area contributed by atoms with Crippen LogP contribution in [-0.2, 0) is 9.47 Å². The first-order valence-electron chi connectivity index (χ1n) is 11.4. The van der Waals surface area contributed by atoms with Crippen molar-refractivity contribution in [2.24, 2.45) is 0 Å². The van der Waals surface area contributed by atoms with Crippen LogP contribution >= 0.6 is 0 Å². The van der Waals surface area contributed by atoms with E-state index >= 15 is 0 Å². The number of hydrogen-bond acceptors (Lipinski definition) is 10. The molecule has 2 aromatic carbocycles. The summed E-state index contributed by atoms with van der Waals surface area (Å²) in [5.74, 6) is 11.4. The first kappa shape index (κ1) is 26.5. The van der Waals surface area contributed by atoms with Crippen LogP contribution in [0.25, 0.3) is 10.8 Å². The predicted molar refractivity (Wildman–Crippen MR) is 125 cm³/mol. The van der Waals surface area contributed by atoms with E-state index in [2.05, 4.69) is 23.7 Å². The molecule has 0 amide bonds. The number of aliphatic hydroxyl groups excluding tert-OH is 8. The predicted octanol–water partition coefficient (Wildman–Crippen LogP) is -2.77. The van der Waals surface area contributed by atoms with Crippen LogP contribution < -0.4 is 0 Å². The van der Waals surface area contributed by atoms with Crippen LogP contribution in [0, 0.1) is 23.7 Å². The maximum Gasteiger partial charge on any atom is 0.147 e. The molecule has 2 heterocycles. The topological polar surface area (TPSA) is 180 Å². The molecular formula is C26H28O10. The van der Waals surface area contributed by atoms with Crippen molar-refractivity contribution in [1.29, 1.82) is 0 Å². The van der Waals surface area contributed by atoms with E-state index in [1.165, 1.54) is 0 Å². The SMILES string of the molecule is OCC1OC(C#Cc2cccc3c(C#CC4OC(CO)[C@@H](O)C(O)C4O)cccc23)C(O)C(O)[C@@H]1O. The minimum atomic E-state index is -1.52. The molecule has 0 saturated carbocycles. The van der Waals surface area contributed by atoms with Crippen molar-refractivity contribution in [2.75, 3.05) is 13.2 Å².